The van der Waals surface area contributed by atoms with E-state index in [1.807, 2.05) is 0 Å². The molecule has 254 valence electrons. The SMILES string of the molecule is CN(C)C(=O)/C=C/CC[C@H](OC(=O)N(C)C)C(=O)Nc1cccn(Cc2nc3c(F)cc(F)c(OCc4ccc(F)cc4F)c3[nH]2)c1=O. The van der Waals surface area contributed by atoms with E-state index in [4.69, 9.17) is 9.47 Å². The molecule has 1 atom stereocenters. The van der Waals surface area contributed by atoms with Crippen molar-refractivity contribution in [2.75, 3.05) is 33.5 Å². The van der Waals surface area contributed by atoms with Crippen molar-refractivity contribution < 1.29 is 41.4 Å². The molecule has 0 saturated heterocycles. The van der Waals surface area contributed by atoms with Gasteiger partial charge >= 0.3 is 6.09 Å². The highest BCUT2D eigenvalue weighted by Crippen LogP contribution is 2.31. The second-order valence-corrected chi connectivity index (χ2v) is 10.9. The molecule has 0 aliphatic heterocycles. The lowest BCUT2D eigenvalue weighted by Gasteiger charge is -2.19. The van der Waals surface area contributed by atoms with Crippen molar-refractivity contribution in [3.8, 4) is 5.75 Å². The molecule has 4 rings (SSSR count). The molecule has 2 aromatic carbocycles. The maximum atomic E-state index is 14.8. The van der Waals surface area contributed by atoms with Gasteiger partial charge in [-0.25, -0.2) is 27.3 Å². The minimum absolute atomic E-state index is 0.00294. The van der Waals surface area contributed by atoms with Crippen molar-refractivity contribution >= 4 is 34.6 Å². The summed E-state index contributed by atoms with van der Waals surface area (Å²) < 4.78 is 68.6. The number of likely N-dealkylation sites (N-methyl/N-ethyl adjacent to an activating group) is 1. The van der Waals surface area contributed by atoms with E-state index >= 15 is 0 Å². The highest BCUT2D eigenvalue weighted by atomic mass is 19.1. The van der Waals surface area contributed by atoms with Crippen LogP contribution in [0, 0.1) is 23.3 Å². The predicted molar refractivity (Wildman–Crippen MR) is 166 cm³/mol. The lowest BCUT2D eigenvalue weighted by Crippen LogP contribution is -2.37. The summed E-state index contributed by atoms with van der Waals surface area (Å²) in [7, 11) is 6.02. The zero-order chi connectivity index (χ0) is 35.1. The van der Waals surface area contributed by atoms with Crippen LogP contribution in [-0.4, -0.2) is 76.5 Å². The van der Waals surface area contributed by atoms with E-state index in [1.165, 1.54) is 49.5 Å². The Bertz CT molecular complexity index is 1920. The summed E-state index contributed by atoms with van der Waals surface area (Å²) in [5.74, 6) is -5.39. The van der Waals surface area contributed by atoms with Gasteiger partial charge in [0.2, 0.25) is 5.91 Å². The number of benzene rings is 2. The summed E-state index contributed by atoms with van der Waals surface area (Å²) in [5.41, 5.74) is -1.46. The van der Waals surface area contributed by atoms with Crippen LogP contribution < -0.4 is 15.6 Å². The van der Waals surface area contributed by atoms with Crippen LogP contribution in [0.3, 0.4) is 0 Å². The standard InChI is InChI=1S/C32H32F4N6O6/c1-40(2)26(43)10-6-5-9-24(48-32(46)41(3)4)30(44)37-23-8-7-13-42(31(23)45)16-25-38-27-21(35)15-22(36)29(28(27)39-25)47-17-18-11-12-19(33)14-20(18)34/h6-8,10-15,24H,5,9,16-17H2,1-4H3,(H,37,44)(H,38,39)/b10-6+/t24-/m0/s1. The van der Waals surface area contributed by atoms with Crippen molar-refractivity contribution in [1.29, 1.82) is 0 Å². The third-order valence-corrected chi connectivity index (χ3v) is 6.86. The molecule has 0 radical (unpaired) electrons. The monoisotopic (exact) mass is 672 g/mol. The van der Waals surface area contributed by atoms with Gasteiger partial charge in [-0.05, 0) is 43.2 Å². The third-order valence-electron chi connectivity index (χ3n) is 6.86. The first kappa shape index (κ1) is 35.2. The summed E-state index contributed by atoms with van der Waals surface area (Å²) >= 11 is 0. The average molecular weight is 673 g/mol. The number of anilines is 1. The smallest absolute Gasteiger partial charge is 0.410 e. The first-order chi connectivity index (χ1) is 22.7. The second kappa shape index (κ2) is 15.3. The average Bonchev–Trinajstić information content (AvgIpc) is 3.45. The third kappa shape index (κ3) is 8.57. The number of fused-ring (bicyclic) bond motifs is 1. The topological polar surface area (TPSA) is 139 Å². The summed E-state index contributed by atoms with van der Waals surface area (Å²) in [4.78, 5) is 59.8. The van der Waals surface area contributed by atoms with Crippen molar-refractivity contribution in [2.24, 2.45) is 0 Å². The zero-order valence-corrected chi connectivity index (χ0v) is 26.4. The van der Waals surface area contributed by atoms with E-state index in [2.05, 4.69) is 15.3 Å². The van der Waals surface area contributed by atoms with Crippen LogP contribution in [0.4, 0.5) is 28.0 Å². The molecule has 0 bridgehead atoms. The van der Waals surface area contributed by atoms with Crippen LogP contribution in [0.1, 0.15) is 24.2 Å². The first-order valence-electron chi connectivity index (χ1n) is 14.4. The second-order valence-electron chi connectivity index (χ2n) is 10.9. The Hall–Kier alpha value is -5.67. The van der Waals surface area contributed by atoms with Gasteiger partial charge in [0.25, 0.3) is 11.5 Å². The molecule has 0 fully saturated rings. The number of hydrogen-bond donors (Lipinski definition) is 2. The number of hydrogen-bond acceptors (Lipinski definition) is 7. The lowest BCUT2D eigenvalue weighted by atomic mass is 10.1. The minimum atomic E-state index is -1.32. The van der Waals surface area contributed by atoms with Gasteiger partial charge in [-0.2, -0.15) is 0 Å². The molecule has 0 unspecified atom stereocenters. The van der Waals surface area contributed by atoms with E-state index in [0.29, 0.717) is 12.1 Å². The normalized spacial score (nSPS) is 11.8. The Kier molecular flexibility index (Phi) is 11.2. The molecule has 48 heavy (non-hydrogen) atoms. The van der Waals surface area contributed by atoms with Crippen LogP contribution in [0.2, 0.25) is 0 Å². The number of rotatable bonds is 12. The summed E-state index contributed by atoms with van der Waals surface area (Å²) in [6.07, 6.45) is 2.30. The predicted octanol–water partition coefficient (Wildman–Crippen LogP) is 4.34. The van der Waals surface area contributed by atoms with Gasteiger partial charge in [0.1, 0.15) is 40.8 Å². The summed E-state index contributed by atoms with van der Waals surface area (Å²) in [6, 6.07) is 6.09. The molecular formula is C32H32F4N6O6. The molecule has 2 heterocycles. The number of imidazole rings is 1. The molecule has 3 amide bonds. The number of ether oxygens (including phenoxy) is 2. The van der Waals surface area contributed by atoms with Gasteiger partial charge in [-0.3, -0.25) is 14.4 Å². The fourth-order valence-corrected chi connectivity index (χ4v) is 4.31. The number of carbonyl (C=O) groups is 3. The van der Waals surface area contributed by atoms with Gasteiger partial charge < -0.3 is 34.1 Å². The molecule has 2 aromatic heterocycles. The van der Waals surface area contributed by atoms with Crippen LogP contribution >= 0.6 is 0 Å². The van der Waals surface area contributed by atoms with Crippen LogP contribution in [0.15, 0.2) is 59.5 Å². The Balaban J connectivity index is 1.53. The summed E-state index contributed by atoms with van der Waals surface area (Å²) in [5, 5.41) is 2.46. The molecule has 4 aromatic rings. The van der Waals surface area contributed by atoms with Crippen LogP contribution in [0.25, 0.3) is 11.0 Å². The number of carbonyl (C=O) groups excluding carboxylic acids is 3. The number of aromatic nitrogens is 3. The highest BCUT2D eigenvalue weighted by Gasteiger charge is 2.25. The van der Waals surface area contributed by atoms with Crippen molar-refractivity contribution in [2.45, 2.75) is 32.1 Å². The van der Waals surface area contributed by atoms with Gasteiger partial charge in [0.15, 0.2) is 23.5 Å². The van der Waals surface area contributed by atoms with E-state index in [1.54, 1.807) is 14.1 Å². The first-order valence-corrected chi connectivity index (χ1v) is 14.4. The van der Waals surface area contributed by atoms with Gasteiger partial charge in [-0.15, -0.1) is 0 Å². The van der Waals surface area contributed by atoms with E-state index in [9.17, 15) is 36.7 Å². The molecule has 16 heteroatoms. The van der Waals surface area contributed by atoms with E-state index in [-0.39, 0.29) is 53.4 Å². The summed E-state index contributed by atoms with van der Waals surface area (Å²) in [6.45, 7) is -0.789. The number of allylic oxidation sites excluding steroid dienone is 1. The fraction of sp³-hybridized carbons (Fsp3) is 0.281. The lowest BCUT2D eigenvalue weighted by molar-refractivity contribution is -0.125. The minimum Gasteiger partial charge on any atom is -0.483 e. The quantitative estimate of drug-likeness (QED) is 0.169. The molecular weight excluding hydrogens is 640 g/mol. The van der Waals surface area contributed by atoms with Crippen LogP contribution in [0.5, 0.6) is 5.75 Å². The number of amides is 3. The molecule has 0 spiro atoms. The number of aromatic amines is 1. The van der Waals surface area contributed by atoms with E-state index in [0.717, 1.165) is 21.6 Å². The number of pyridine rings is 1. The largest absolute Gasteiger partial charge is 0.483 e. The van der Waals surface area contributed by atoms with Crippen LogP contribution in [-0.2, 0) is 27.5 Å². The Morgan fingerprint density at radius 3 is 2.46 bits per heavy atom. The van der Waals surface area contributed by atoms with Crippen molar-refractivity contribution in [3.63, 3.8) is 0 Å². The number of nitrogens with zero attached hydrogens (tertiary/aromatic N) is 4. The number of H-pyrrole nitrogens is 1. The zero-order valence-electron chi connectivity index (χ0n) is 26.4. The van der Waals surface area contributed by atoms with Gasteiger partial charge in [0.05, 0.1) is 6.54 Å². The van der Waals surface area contributed by atoms with Crippen molar-refractivity contribution in [3.05, 3.63) is 99.8 Å². The molecule has 12 nitrogen and oxygen atoms in total. The highest BCUT2D eigenvalue weighted by molar-refractivity contribution is 5.95. The maximum absolute atomic E-state index is 14.8. The molecule has 0 saturated carbocycles. The van der Waals surface area contributed by atoms with Gasteiger partial charge in [-0.1, -0.05) is 6.08 Å². The Morgan fingerprint density at radius 2 is 1.77 bits per heavy atom. The molecule has 0 aliphatic carbocycles. The maximum Gasteiger partial charge on any atom is 0.410 e. The Morgan fingerprint density at radius 1 is 1.02 bits per heavy atom. The number of nitrogens with one attached hydrogen (secondary N) is 2. The molecule has 2 N–H and O–H groups in total. The number of halogens is 4. The van der Waals surface area contributed by atoms with Crippen molar-refractivity contribution in [1.82, 2.24) is 24.3 Å². The van der Waals surface area contributed by atoms with Gasteiger partial charge in [0, 0.05) is 52.1 Å². The fourth-order valence-electron chi connectivity index (χ4n) is 4.31. The Labute approximate surface area is 271 Å². The van der Waals surface area contributed by atoms with E-state index < -0.39 is 59.3 Å². The molecule has 0 aliphatic rings.